The van der Waals surface area contributed by atoms with Gasteiger partial charge in [-0.05, 0) is 42.5 Å². The molecule has 1 aromatic carbocycles. The fourth-order valence-electron chi connectivity index (χ4n) is 2.79. The van der Waals surface area contributed by atoms with Crippen LogP contribution in [0.1, 0.15) is 30.0 Å². The maximum absolute atomic E-state index is 13.5. The molecule has 110 valence electrons. The van der Waals surface area contributed by atoms with Gasteiger partial charge in [0.1, 0.15) is 12.4 Å². The van der Waals surface area contributed by atoms with Crippen LogP contribution in [-0.4, -0.2) is 10.5 Å². The highest BCUT2D eigenvalue weighted by Gasteiger charge is 2.19. The Morgan fingerprint density at radius 3 is 2.95 bits per heavy atom. The lowest BCUT2D eigenvalue weighted by molar-refractivity contribution is -0.116. The third-order valence-corrected chi connectivity index (χ3v) is 3.83. The van der Waals surface area contributed by atoms with E-state index in [4.69, 9.17) is 5.73 Å². The number of nitrogens with zero attached hydrogens (tertiary/aromatic N) is 1. The fraction of sp³-hybridized carbons (Fsp3) is 0.312. The molecule has 5 heteroatoms. The Balaban J connectivity index is 1.69. The van der Waals surface area contributed by atoms with Crippen molar-refractivity contribution >= 4 is 11.6 Å². The van der Waals surface area contributed by atoms with Crippen LogP contribution in [0.25, 0.3) is 0 Å². The first-order valence-electron chi connectivity index (χ1n) is 7.12. The predicted molar refractivity (Wildman–Crippen MR) is 79.3 cm³/mol. The molecule has 0 saturated heterocycles. The van der Waals surface area contributed by atoms with Crippen LogP contribution in [0.3, 0.4) is 0 Å². The lowest BCUT2D eigenvalue weighted by atomic mass is 9.92. The van der Waals surface area contributed by atoms with Crippen molar-refractivity contribution in [3.63, 3.8) is 0 Å². The number of para-hydroxylation sites is 1. The maximum Gasteiger partial charge on any atom is 0.244 e. The second-order valence-electron chi connectivity index (χ2n) is 5.44. The summed E-state index contributed by atoms with van der Waals surface area (Å²) in [6, 6.07) is 6.20. The molecular formula is C16H18FN3O. The number of rotatable bonds is 3. The predicted octanol–water partition coefficient (Wildman–Crippen LogP) is 2.60. The zero-order valence-corrected chi connectivity index (χ0v) is 11.7. The highest BCUT2D eigenvalue weighted by atomic mass is 19.1. The van der Waals surface area contributed by atoms with Crippen LogP contribution < -0.4 is 11.1 Å². The van der Waals surface area contributed by atoms with Gasteiger partial charge in [-0.25, -0.2) is 4.39 Å². The topological polar surface area (TPSA) is 60.0 Å². The first kappa shape index (κ1) is 13.8. The lowest BCUT2D eigenvalue weighted by Crippen LogP contribution is -2.18. The first-order chi connectivity index (χ1) is 10.1. The Labute approximate surface area is 122 Å². The van der Waals surface area contributed by atoms with Gasteiger partial charge < -0.3 is 15.6 Å². The van der Waals surface area contributed by atoms with E-state index in [1.165, 1.54) is 11.6 Å². The van der Waals surface area contributed by atoms with Gasteiger partial charge in [0.15, 0.2) is 0 Å². The SMILES string of the molecule is NC1CCCc2cn(CC(=O)Nc3ccccc3F)cc21. The number of anilines is 1. The molecule has 3 rings (SSSR count). The summed E-state index contributed by atoms with van der Waals surface area (Å²) in [5.41, 5.74) is 8.62. The Bertz CT molecular complexity index is 665. The molecule has 1 heterocycles. The average Bonchev–Trinajstić information content (AvgIpc) is 2.85. The number of aryl methyl sites for hydroxylation is 1. The molecule has 0 spiro atoms. The summed E-state index contributed by atoms with van der Waals surface area (Å²) in [7, 11) is 0. The summed E-state index contributed by atoms with van der Waals surface area (Å²) >= 11 is 0. The monoisotopic (exact) mass is 287 g/mol. The van der Waals surface area contributed by atoms with Crippen LogP contribution in [0, 0.1) is 5.82 Å². The second-order valence-corrected chi connectivity index (χ2v) is 5.44. The van der Waals surface area contributed by atoms with E-state index in [0.29, 0.717) is 0 Å². The average molecular weight is 287 g/mol. The molecule has 0 bridgehead atoms. The molecule has 1 aliphatic rings. The number of amides is 1. The highest BCUT2D eigenvalue weighted by Crippen LogP contribution is 2.28. The highest BCUT2D eigenvalue weighted by molar-refractivity contribution is 5.90. The van der Waals surface area contributed by atoms with E-state index in [-0.39, 0.29) is 24.2 Å². The summed E-state index contributed by atoms with van der Waals surface area (Å²) in [5.74, 6) is -0.680. The van der Waals surface area contributed by atoms with Crippen molar-refractivity contribution in [2.45, 2.75) is 31.8 Å². The standard InChI is InChI=1S/C16H18FN3O/c17-13-5-1-2-7-15(13)19-16(21)10-20-8-11-4-3-6-14(18)12(11)9-20/h1-2,5,7-9,14H,3-4,6,10,18H2,(H,19,21). The minimum Gasteiger partial charge on any atom is -0.344 e. The van der Waals surface area contributed by atoms with Gasteiger partial charge >= 0.3 is 0 Å². The Hall–Kier alpha value is -2.14. The third-order valence-electron chi connectivity index (χ3n) is 3.83. The van der Waals surface area contributed by atoms with Gasteiger partial charge in [0.25, 0.3) is 0 Å². The molecule has 1 aliphatic carbocycles. The van der Waals surface area contributed by atoms with E-state index in [1.807, 2.05) is 17.0 Å². The zero-order valence-electron chi connectivity index (χ0n) is 11.7. The Morgan fingerprint density at radius 2 is 2.19 bits per heavy atom. The minimum absolute atomic E-state index is 0.0598. The molecule has 0 aliphatic heterocycles. The Kier molecular flexibility index (Phi) is 3.75. The maximum atomic E-state index is 13.5. The van der Waals surface area contributed by atoms with E-state index in [1.54, 1.807) is 18.2 Å². The van der Waals surface area contributed by atoms with E-state index in [2.05, 4.69) is 5.32 Å². The van der Waals surface area contributed by atoms with Crippen molar-refractivity contribution in [2.75, 3.05) is 5.32 Å². The fourth-order valence-corrected chi connectivity index (χ4v) is 2.79. The Morgan fingerprint density at radius 1 is 1.38 bits per heavy atom. The van der Waals surface area contributed by atoms with Crippen LogP contribution in [0.15, 0.2) is 36.7 Å². The molecular weight excluding hydrogens is 269 g/mol. The van der Waals surface area contributed by atoms with Crippen molar-refractivity contribution < 1.29 is 9.18 Å². The number of fused-ring (bicyclic) bond motifs is 1. The van der Waals surface area contributed by atoms with Gasteiger partial charge in [0, 0.05) is 18.4 Å². The molecule has 3 N–H and O–H groups in total. The number of hydrogen-bond donors (Lipinski definition) is 2. The zero-order chi connectivity index (χ0) is 14.8. The summed E-state index contributed by atoms with van der Waals surface area (Å²) in [6.45, 7) is 0.161. The van der Waals surface area contributed by atoms with Gasteiger partial charge in [-0.1, -0.05) is 12.1 Å². The molecule has 1 unspecified atom stereocenters. The molecule has 21 heavy (non-hydrogen) atoms. The number of carbonyl (C=O) groups is 1. The quantitative estimate of drug-likeness (QED) is 0.911. The summed E-state index contributed by atoms with van der Waals surface area (Å²) < 4.78 is 15.3. The number of hydrogen-bond acceptors (Lipinski definition) is 2. The molecule has 1 amide bonds. The summed E-state index contributed by atoms with van der Waals surface area (Å²) in [5, 5.41) is 2.58. The summed E-state index contributed by atoms with van der Waals surface area (Å²) in [4.78, 5) is 12.0. The molecule has 4 nitrogen and oxygen atoms in total. The summed E-state index contributed by atoms with van der Waals surface area (Å²) in [6.07, 6.45) is 6.97. The molecule has 2 aromatic rings. The number of carbonyl (C=O) groups excluding carboxylic acids is 1. The van der Waals surface area contributed by atoms with Crippen LogP contribution in [0.2, 0.25) is 0 Å². The van der Waals surface area contributed by atoms with Crippen molar-refractivity contribution in [1.82, 2.24) is 4.57 Å². The number of halogens is 1. The minimum atomic E-state index is -0.431. The van der Waals surface area contributed by atoms with Gasteiger partial charge in [-0.15, -0.1) is 0 Å². The molecule has 1 atom stereocenters. The first-order valence-corrected chi connectivity index (χ1v) is 7.12. The normalized spacial score (nSPS) is 17.3. The van der Waals surface area contributed by atoms with E-state index in [9.17, 15) is 9.18 Å². The van der Waals surface area contributed by atoms with Crippen molar-refractivity contribution in [1.29, 1.82) is 0 Å². The van der Waals surface area contributed by atoms with Crippen molar-refractivity contribution in [3.8, 4) is 0 Å². The van der Waals surface area contributed by atoms with Gasteiger partial charge in [-0.3, -0.25) is 4.79 Å². The second kappa shape index (κ2) is 5.69. The van der Waals surface area contributed by atoms with Crippen molar-refractivity contribution in [2.24, 2.45) is 5.73 Å². The van der Waals surface area contributed by atoms with Crippen LogP contribution >= 0.6 is 0 Å². The van der Waals surface area contributed by atoms with Crippen molar-refractivity contribution in [3.05, 3.63) is 53.6 Å². The third kappa shape index (κ3) is 2.97. The van der Waals surface area contributed by atoms with Crippen LogP contribution in [0.5, 0.6) is 0 Å². The number of nitrogens with one attached hydrogen (secondary N) is 1. The van der Waals surface area contributed by atoms with E-state index >= 15 is 0 Å². The van der Waals surface area contributed by atoms with Gasteiger partial charge in [-0.2, -0.15) is 0 Å². The lowest BCUT2D eigenvalue weighted by Gasteiger charge is -2.17. The van der Waals surface area contributed by atoms with Crippen LogP contribution in [-0.2, 0) is 17.8 Å². The van der Waals surface area contributed by atoms with Crippen LogP contribution in [0.4, 0.5) is 10.1 Å². The van der Waals surface area contributed by atoms with Gasteiger partial charge in [0.05, 0.1) is 5.69 Å². The number of aromatic nitrogens is 1. The molecule has 0 saturated carbocycles. The molecule has 1 aromatic heterocycles. The van der Waals surface area contributed by atoms with E-state index in [0.717, 1.165) is 24.8 Å². The largest absolute Gasteiger partial charge is 0.344 e. The number of nitrogens with two attached hydrogens (primary N) is 1. The smallest absolute Gasteiger partial charge is 0.244 e. The molecule has 0 radical (unpaired) electrons. The van der Waals surface area contributed by atoms with Gasteiger partial charge in [0.2, 0.25) is 5.91 Å². The van der Waals surface area contributed by atoms with E-state index < -0.39 is 5.82 Å². The molecule has 0 fully saturated rings. The number of benzene rings is 1.